The fourth-order valence-electron chi connectivity index (χ4n) is 2.01. The maximum absolute atomic E-state index is 11.4. The van der Waals surface area contributed by atoms with E-state index >= 15 is 0 Å². The number of rotatable bonds is 6. The lowest BCUT2D eigenvalue weighted by Gasteiger charge is -2.08. The minimum atomic E-state index is 0.190. The molecule has 0 radical (unpaired) electrons. The van der Waals surface area contributed by atoms with Crippen LogP contribution in [0.4, 0.5) is 0 Å². The van der Waals surface area contributed by atoms with Crippen LogP contribution >= 0.6 is 0 Å². The quantitative estimate of drug-likeness (QED) is 0.636. The van der Waals surface area contributed by atoms with E-state index < -0.39 is 0 Å². The van der Waals surface area contributed by atoms with Crippen LogP contribution in [0.1, 0.15) is 44.9 Å². The van der Waals surface area contributed by atoms with Crippen molar-refractivity contribution >= 4 is 5.91 Å². The maximum Gasteiger partial charge on any atom is 0.220 e. The van der Waals surface area contributed by atoms with E-state index in [4.69, 9.17) is 5.11 Å². The van der Waals surface area contributed by atoms with Gasteiger partial charge in [-0.05, 0) is 31.6 Å². The largest absolute Gasteiger partial charge is 0.396 e. The highest BCUT2D eigenvalue weighted by atomic mass is 16.2. The fourth-order valence-corrected chi connectivity index (χ4v) is 2.01. The summed E-state index contributed by atoms with van der Waals surface area (Å²) in [5, 5.41) is 11.4. The lowest BCUT2D eigenvalue weighted by Crippen LogP contribution is -2.26. The van der Waals surface area contributed by atoms with Crippen molar-refractivity contribution in [1.29, 1.82) is 0 Å². The van der Waals surface area contributed by atoms with E-state index in [0.717, 1.165) is 12.8 Å². The van der Waals surface area contributed by atoms with Crippen molar-refractivity contribution in [1.82, 2.24) is 5.32 Å². The SMILES string of the molecule is O=C(CC1CCCC1)NCCCCO. The molecule has 0 atom stereocenters. The number of carbonyl (C=O) groups is 1. The molecule has 0 bridgehead atoms. The van der Waals surface area contributed by atoms with Crippen molar-refractivity contribution in [3.63, 3.8) is 0 Å². The molecule has 3 nitrogen and oxygen atoms in total. The minimum Gasteiger partial charge on any atom is -0.396 e. The molecule has 0 unspecified atom stereocenters. The fraction of sp³-hybridized carbons (Fsp3) is 0.909. The first kappa shape index (κ1) is 11.5. The lowest BCUT2D eigenvalue weighted by molar-refractivity contribution is -0.122. The standard InChI is InChI=1S/C11H21NO2/c13-8-4-3-7-12-11(14)9-10-5-1-2-6-10/h10,13H,1-9H2,(H,12,14). The van der Waals surface area contributed by atoms with Crippen molar-refractivity contribution in [3.05, 3.63) is 0 Å². The first-order chi connectivity index (χ1) is 6.83. The van der Waals surface area contributed by atoms with E-state index in [2.05, 4.69) is 5.32 Å². The van der Waals surface area contributed by atoms with Crippen molar-refractivity contribution in [3.8, 4) is 0 Å². The van der Waals surface area contributed by atoms with Gasteiger partial charge in [0.15, 0.2) is 0 Å². The first-order valence-electron chi connectivity index (χ1n) is 5.70. The Morgan fingerprint density at radius 3 is 2.64 bits per heavy atom. The number of hydrogen-bond donors (Lipinski definition) is 2. The monoisotopic (exact) mass is 199 g/mol. The molecule has 1 rings (SSSR count). The number of carbonyl (C=O) groups excluding carboxylic acids is 1. The summed E-state index contributed by atoms with van der Waals surface area (Å²) in [5.41, 5.74) is 0. The Kier molecular flexibility index (Phi) is 5.60. The predicted octanol–water partition coefficient (Wildman–Crippen LogP) is 1.46. The predicted molar refractivity (Wildman–Crippen MR) is 55.9 cm³/mol. The molecule has 1 fully saturated rings. The molecule has 0 saturated heterocycles. The Morgan fingerprint density at radius 2 is 2.00 bits per heavy atom. The summed E-state index contributed by atoms with van der Waals surface area (Å²) >= 11 is 0. The summed E-state index contributed by atoms with van der Waals surface area (Å²) in [6, 6.07) is 0. The van der Waals surface area contributed by atoms with E-state index in [1.54, 1.807) is 0 Å². The third-order valence-electron chi connectivity index (χ3n) is 2.86. The molecule has 3 heteroatoms. The third kappa shape index (κ3) is 4.61. The molecular formula is C11H21NO2. The van der Waals surface area contributed by atoms with Gasteiger partial charge in [-0.1, -0.05) is 12.8 Å². The highest BCUT2D eigenvalue weighted by Gasteiger charge is 2.17. The van der Waals surface area contributed by atoms with Gasteiger partial charge in [-0.2, -0.15) is 0 Å². The van der Waals surface area contributed by atoms with E-state index in [-0.39, 0.29) is 12.5 Å². The van der Waals surface area contributed by atoms with Crippen LogP contribution in [0.15, 0.2) is 0 Å². The molecule has 2 N–H and O–H groups in total. The topological polar surface area (TPSA) is 49.3 Å². The number of aliphatic hydroxyl groups is 1. The van der Waals surface area contributed by atoms with Gasteiger partial charge < -0.3 is 10.4 Å². The normalized spacial score (nSPS) is 17.2. The number of amides is 1. The van der Waals surface area contributed by atoms with Gasteiger partial charge in [0.25, 0.3) is 0 Å². The Morgan fingerprint density at radius 1 is 1.29 bits per heavy atom. The summed E-state index contributed by atoms with van der Waals surface area (Å²) in [6.45, 7) is 0.935. The van der Waals surface area contributed by atoms with Crippen LogP contribution in [0.3, 0.4) is 0 Å². The number of aliphatic hydroxyl groups excluding tert-OH is 1. The summed E-state index contributed by atoms with van der Waals surface area (Å²) in [4.78, 5) is 11.4. The molecule has 0 aromatic heterocycles. The molecule has 0 aromatic rings. The van der Waals surface area contributed by atoms with Crippen molar-refractivity contribution in [2.45, 2.75) is 44.9 Å². The molecule has 1 aliphatic carbocycles. The Hall–Kier alpha value is -0.570. The zero-order chi connectivity index (χ0) is 10.2. The van der Waals surface area contributed by atoms with Crippen LogP contribution in [0, 0.1) is 5.92 Å². The first-order valence-corrected chi connectivity index (χ1v) is 5.70. The van der Waals surface area contributed by atoms with Gasteiger partial charge in [-0.25, -0.2) is 0 Å². The molecule has 1 saturated carbocycles. The molecule has 0 heterocycles. The second-order valence-electron chi connectivity index (χ2n) is 4.14. The summed E-state index contributed by atoms with van der Waals surface area (Å²) < 4.78 is 0. The van der Waals surface area contributed by atoms with E-state index in [9.17, 15) is 4.79 Å². The molecule has 0 aliphatic heterocycles. The van der Waals surface area contributed by atoms with E-state index in [1.165, 1.54) is 25.7 Å². The minimum absolute atomic E-state index is 0.190. The van der Waals surface area contributed by atoms with Gasteiger partial charge in [-0.3, -0.25) is 4.79 Å². The molecule has 1 aliphatic rings. The molecular weight excluding hydrogens is 178 g/mol. The van der Waals surface area contributed by atoms with E-state index in [1.807, 2.05) is 0 Å². The average molecular weight is 199 g/mol. The zero-order valence-electron chi connectivity index (χ0n) is 8.80. The highest BCUT2D eigenvalue weighted by molar-refractivity contribution is 5.76. The average Bonchev–Trinajstić information content (AvgIpc) is 2.65. The van der Waals surface area contributed by atoms with E-state index in [0.29, 0.717) is 18.9 Å². The number of hydrogen-bond acceptors (Lipinski definition) is 2. The third-order valence-corrected chi connectivity index (χ3v) is 2.86. The lowest BCUT2D eigenvalue weighted by atomic mass is 10.0. The van der Waals surface area contributed by atoms with Gasteiger partial charge in [0, 0.05) is 19.6 Å². The van der Waals surface area contributed by atoms with Crippen molar-refractivity contribution in [2.24, 2.45) is 5.92 Å². The van der Waals surface area contributed by atoms with Gasteiger partial charge in [-0.15, -0.1) is 0 Å². The van der Waals surface area contributed by atoms with Crippen LogP contribution < -0.4 is 5.32 Å². The second-order valence-corrected chi connectivity index (χ2v) is 4.14. The number of nitrogens with one attached hydrogen (secondary N) is 1. The Balaban J connectivity index is 1.98. The molecule has 82 valence electrons. The summed E-state index contributed by atoms with van der Waals surface area (Å²) in [6.07, 6.45) is 7.41. The summed E-state index contributed by atoms with van der Waals surface area (Å²) in [7, 11) is 0. The molecule has 0 spiro atoms. The maximum atomic E-state index is 11.4. The van der Waals surface area contributed by atoms with Crippen LogP contribution in [0.5, 0.6) is 0 Å². The Labute approximate surface area is 85.9 Å². The van der Waals surface area contributed by atoms with Crippen LogP contribution in [-0.4, -0.2) is 24.2 Å². The second kappa shape index (κ2) is 6.82. The highest BCUT2D eigenvalue weighted by Crippen LogP contribution is 2.27. The van der Waals surface area contributed by atoms with Gasteiger partial charge in [0.1, 0.15) is 0 Å². The molecule has 14 heavy (non-hydrogen) atoms. The van der Waals surface area contributed by atoms with Gasteiger partial charge in [0.2, 0.25) is 5.91 Å². The number of unbranched alkanes of at least 4 members (excludes halogenated alkanes) is 1. The van der Waals surface area contributed by atoms with Crippen LogP contribution in [0.2, 0.25) is 0 Å². The smallest absolute Gasteiger partial charge is 0.220 e. The van der Waals surface area contributed by atoms with Gasteiger partial charge in [0.05, 0.1) is 0 Å². The van der Waals surface area contributed by atoms with Gasteiger partial charge >= 0.3 is 0 Å². The Bertz CT molecular complexity index is 165. The summed E-state index contributed by atoms with van der Waals surface area (Å²) in [5.74, 6) is 0.822. The zero-order valence-corrected chi connectivity index (χ0v) is 8.80. The molecule has 1 amide bonds. The van der Waals surface area contributed by atoms with Crippen LogP contribution in [0.25, 0.3) is 0 Å². The van der Waals surface area contributed by atoms with Crippen molar-refractivity contribution < 1.29 is 9.90 Å². The van der Waals surface area contributed by atoms with Crippen LogP contribution in [-0.2, 0) is 4.79 Å². The van der Waals surface area contributed by atoms with Crippen molar-refractivity contribution in [2.75, 3.05) is 13.2 Å². The molecule has 0 aromatic carbocycles.